The van der Waals surface area contributed by atoms with E-state index in [2.05, 4.69) is 15.0 Å². The van der Waals surface area contributed by atoms with E-state index >= 15 is 0 Å². The molecule has 0 spiro atoms. The minimum atomic E-state index is -4.44. The van der Waals surface area contributed by atoms with Crippen LogP contribution < -0.4 is 10.1 Å². The number of alkyl halides is 3. The van der Waals surface area contributed by atoms with Crippen LogP contribution in [0.25, 0.3) is 0 Å². The summed E-state index contributed by atoms with van der Waals surface area (Å²) in [5, 5.41) is 2.67. The van der Waals surface area contributed by atoms with E-state index in [-0.39, 0.29) is 18.3 Å². The molecule has 24 heavy (non-hydrogen) atoms. The molecule has 0 saturated heterocycles. The summed E-state index contributed by atoms with van der Waals surface area (Å²) in [5.41, 5.74) is 1.44. The zero-order valence-corrected chi connectivity index (χ0v) is 12.8. The van der Waals surface area contributed by atoms with Gasteiger partial charge in [-0.25, -0.2) is 4.98 Å². The van der Waals surface area contributed by atoms with Crippen molar-refractivity contribution in [1.29, 1.82) is 0 Å². The summed E-state index contributed by atoms with van der Waals surface area (Å²) in [6, 6.07) is 12.7. The second-order valence-corrected chi connectivity index (χ2v) is 5.13. The maximum Gasteiger partial charge on any atom is 0.422 e. The topological polar surface area (TPSA) is 51.2 Å². The van der Waals surface area contributed by atoms with Gasteiger partial charge in [0, 0.05) is 24.7 Å². The van der Waals surface area contributed by atoms with Crippen molar-refractivity contribution >= 4 is 5.91 Å². The Bertz CT molecular complexity index is 660. The number of nitrogens with one attached hydrogen (secondary N) is 1. The molecule has 128 valence electrons. The molecule has 0 aliphatic rings. The van der Waals surface area contributed by atoms with Crippen molar-refractivity contribution in [2.45, 2.75) is 25.6 Å². The quantitative estimate of drug-likeness (QED) is 0.843. The Morgan fingerprint density at radius 1 is 1.12 bits per heavy atom. The highest BCUT2D eigenvalue weighted by atomic mass is 19.4. The van der Waals surface area contributed by atoms with Crippen LogP contribution >= 0.6 is 0 Å². The van der Waals surface area contributed by atoms with Gasteiger partial charge in [0.05, 0.1) is 0 Å². The molecule has 0 bridgehead atoms. The molecule has 0 unspecified atom stereocenters. The fraction of sp³-hybridized carbons (Fsp3) is 0.294. The van der Waals surface area contributed by atoms with Crippen LogP contribution in [-0.4, -0.2) is 23.7 Å². The summed E-state index contributed by atoms with van der Waals surface area (Å²) < 4.78 is 41.4. The molecule has 1 heterocycles. The van der Waals surface area contributed by atoms with E-state index in [1.807, 2.05) is 30.3 Å². The molecule has 1 aromatic carbocycles. The molecule has 0 aliphatic heterocycles. The third-order valence-electron chi connectivity index (χ3n) is 3.18. The Morgan fingerprint density at radius 3 is 2.58 bits per heavy atom. The van der Waals surface area contributed by atoms with Gasteiger partial charge in [-0.15, -0.1) is 0 Å². The van der Waals surface area contributed by atoms with Crippen molar-refractivity contribution in [3.8, 4) is 5.88 Å². The number of carbonyl (C=O) groups is 1. The average Bonchev–Trinajstić information content (AvgIpc) is 2.57. The molecule has 2 rings (SSSR count). The van der Waals surface area contributed by atoms with Crippen molar-refractivity contribution < 1.29 is 22.7 Å². The summed E-state index contributed by atoms with van der Waals surface area (Å²) in [5.74, 6) is -0.317. The number of halogens is 3. The number of amides is 1. The first kappa shape index (κ1) is 17.8. The Morgan fingerprint density at radius 2 is 1.88 bits per heavy atom. The number of hydrogen-bond acceptors (Lipinski definition) is 3. The smallest absolute Gasteiger partial charge is 0.422 e. The third kappa shape index (κ3) is 6.28. The highest BCUT2D eigenvalue weighted by molar-refractivity contribution is 5.76. The van der Waals surface area contributed by atoms with Crippen molar-refractivity contribution in [2.24, 2.45) is 0 Å². The number of aromatic nitrogens is 1. The molecule has 1 N–H and O–H groups in total. The maximum atomic E-state index is 12.2. The highest BCUT2D eigenvalue weighted by Crippen LogP contribution is 2.19. The Hall–Kier alpha value is -2.57. The van der Waals surface area contributed by atoms with Gasteiger partial charge in [0.1, 0.15) is 0 Å². The molecule has 0 aliphatic carbocycles. The van der Waals surface area contributed by atoms with Crippen LogP contribution in [0.15, 0.2) is 48.7 Å². The first-order chi connectivity index (χ1) is 11.4. The van der Waals surface area contributed by atoms with Crippen molar-refractivity contribution in [3.63, 3.8) is 0 Å². The molecular formula is C17H17F3N2O2. The monoisotopic (exact) mass is 338 g/mol. The second-order valence-electron chi connectivity index (χ2n) is 5.13. The summed E-state index contributed by atoms with van der Waals surface area (Å²) in [6.07, 6.45) is -2.21. The van der Waals surface area contributed by atoms with Crippen LogP contribution in [0.2, 0.25) is 0 Å². The van der Waals surface area contributed by atoms with Gasteiger partial charge >= 0.3 is 6.18 Å². The van der Waals surface area contributed by atoms with Gasteiger partial charge in [0.15, 0.2) is 6.61 Å². The fourth-order valence-electron chi connectivity index (χ4n) is 2.02. The van der Waals surface area contributed by atoms with Gasteiger partial charge < -0.3 is 10.1 Å². The third-order valence-corrected chi connectivity index (χ3v) is 3.18. The first-order valence-corrected chi connectivity index (χ1v) is 7.38. The molecular weight excluding hydrogens is 321 g/mol. The molecule has 0 atom stereocenters. The van der Waals surface area contributed by atoms with E-state index in [0.29, 0.717) is 18.4 Å². The largest absolute Gasteiger partial charge is 0.468 e. The molecule has 4 nitrogen and oxygen atoms in total. The number of rotatable bonds is 7. The lowest BCUT2D eigenvalue weighted by atomic mass is 10.1. The fourth-order valence-corrected chi connectivity index (χ4v) is 2.02. The summed E-state index contributed by atoms with van der Waals surface area (Å²) in [4.78, 5) is 15.6. The number of nitrogens with zero attached hydrogens (tertiary/aromatic N) is 1. The van der Waals surface area contributed by atoms with Crippen molar-refractivity contribution in [3.05, 3.63) is 59.8 Å². The van der Waals surface area contributed by atoms with Gasteiger partial charge in [0.2, 0.25) is 11.8 Å². The molecule has 0 radical (unpaired) electrons. The summed E-state index contributed by atoms with van der Waals surface area (Å²) in [7, 11) is 0. The normalized spacial score (nSPS) is 11.1. The van der Waals surface area contributed by atoms with Crippen LogP contribution in [0.4, 0.5) is 13.2 Å². The van der Waals surface area contributed by atoms with E-state index in [4.69, 9.17) is 0 Å². The predicted molar refractivity (Wildman–Crippen MR) is 82.4 cm³/mol. The minimum absolute atomic E-state index is 0.0641. The van der Waals surface area contributed by atoms with E-state index < -0.39 is 12.8 Å². The summed E-state index contributed by atoms with van der Waals surface area (Å²) >= 11 is 0. The Kier molecular flexibility index (Phi) is 6.17. The van der Waals surface area contributed by atoms with Crippen molar-refractivity contribution in [2.75, 3.05) is 6.61 Å². The number of carbonyl (C=O) groups excluding carboxylic acids is 1. The molecule has 0 fully saturated rings. The van der Waals surface area contributed by atoms with Gasteiger partial charge in [-0.3, -0.25) is 4.79 Å². The lowest BCUT2D eigenvalue weighted by molar-refractivity contribution is -0.154. The van der Waals surface area contributed by atoms with Crippen LogP contribution in [0.1, 0.15) is 17.5 Å². The predicted octanol–water partition coefficient (Wildman–Crippen LogP) is 3.27. The number of hydrogen-bond donors (Lipinski definition) is 1. The van der Waals surface area contributed by atoms with Crippen molar-refractivity contribution in [1.82, 2.24) is 10.3 Å². The maximum absolute atomic E-state index is 12.2. The molecule has 2 aromatic rings. The lowest BCUT2D eigenvalue weighted by Gasteiger charge is -2.12. The standard InChI is InChI=1S/C17H17F3N2O2/c18-17(19,20)12-24-16-14(7-4-10-21-16)11-22-15(23)9-8-13-5-2-1-3-6-13/h1-7,10H,8-9,11-12H2,(H,22,23). The van der Waals surface area contributed by atoms with E-state index in [1.165, 1.54) is 6.20 Å². The number of pyridine rings is 1. The Labute approximate surface area is 137 Å². The van der Waals surface area contributed by atoms with Crippen LogP contribution in [0.5, 0.6) is 5.88 Å². The minimum Gasteiger partial charge on any atom is -0.468 e. The van der Waals surface area contributed by atoms with Gasteiger partial charge in [-0.1, -0.05) is 36.4 Å². The molecule has 1 aromatic heterocycles. The number of ether oxygens (including phenoxy) is 1. The lowest BCUT2D eigenvalue weighted by Crippen LogP contribution is -2.24. The second kappa shape index (κ2) is 8.33. The van der Waals surface area contributed by atoms with Gasteiger partial charge in [0.25, 0.3) is 0 Å². The van der Waals surface area contributed by atoms with Crippen LogP contribution in [0, 0.1) is 0 Å². The average molecular weight is 338 g/mol. The molecule has 0 saturated carbocycles. The number of benzene rings is 1. The van der Waals surface area contributed by atoms with Crippen LogP contribution in [0.3, 0.4) is 0 Å². The van der Waals surface area contributed by atoms with Gasteiger partial charge in [-0.2, -0.15) is 13.2 Å². The van der Waals surface area contributed by atoms with Crippen LogP contribution in [-0.2, 0) is 17.8 Å². The summed E-state index contributed by atoms with van der Waals surface area (Å²) in [6.45, 7) is -1.35. The van der Waals surface area contributed by atoms with E-state index in [9.17, 15) is 18.0 Å². The van der Waals surface area contributed by atoms with E-state index in [1.54, 1.807) is 12.1 Å². The van der Waals surface area contributed by atoms with E-state index in [0.717, 1.165) is 5.56 Å². The molecule has 1 amide bonds. The molecule has 7 heteroatoms. The van der Waals surface area contributed by atoms with Gasteiger partial charge in [-0.05, 0) is 18.1 Å². The highest BCUT2D eigenvalue weighted by Gasteiger charge is 2.29. The Balaban J connectivity index is 1.84. The number of aryl methyl sites for hydroxylation is 1. The zero-order valence-electron chi connectivity index (χ0n) is 12.8. The first-order valence-electron chi connectivity index (χ1n) is 7.38. The zero-order chi connectivity index (χ0) is 17.4. The SMILES string of the molecule is O=C(CCc1ccccc1)NCc1cccnc1OCC(F)(F)F.